The molecule has 1 rings (SSSR count). The minimum Gasteiger partial charge on any atom is -0.342 e. The SMILES string of the molecule is C[C@@H](CS(C)(=O)=O)N(C)C(=O)[C@@H]1CCCNC1. The smallest absolute Gasteiger partial charge is 0.226 e. The molecule has 5 nitrogen and oxygen atoms in total. The number of nitrogens with zero attached hydrogens (tertiary/aromatic N) is 1. The second kappa shape index (κ2) is 5.82. The summed E-state index contributed by atoms with van der Waals surface area (Å²) in [6, 6.07) is -0.264. The normalized spacial score (nSPS) is 23.1. The quantitative estimate of drug-likeness (QED) is 0.767. The van der Waals surface area contributed by atoms with Crippen LogP contribution in [0.5, 0.6) is 0 Å². The maximum Gasteiger partial charge on any atom is 0.226 e. The highest BCUT2D eigenvalue weighted by atomic mass is 32.2. The predicted molar refractivity (Wildman–Crippen MR) is 67.5 cm³/mol. The molecule has 6 heteroatoms. The molecule has 1 fully saturated rings. The maximum atomic E-state index is 12.1. The highest BCUT2D eigenvalue weighted by Crippen LogP contribution is 2.14. The van der Waals surface area contributed by atoms with Crippen molar-refractivity contribution in [1.29, 1.82) is 0 Å². The maximum absolute atomic E-state index is 12.1. The molecule has 1 amide bonds. The van der Waals surface area contributed by atoms with Crippen LogP contribution in [-0.2, 0) is 14.6 Å². The zero-order chi connectivity index (χ0) is 13.1. The summed E-state index contributed by atoms with van der Waals surface area (Å²) >= 11 is 0. The van der Waals surface area contributed by atoms with Gasteiger partial charge in [0.25, 0.3) is 0 Å². The molecule has 0 radical (unpaired) electrons. The van der Waals surface area contributed by atoms with Crippen molar-refractivity contribution >= 4 is 15.7 Å². The fraction of sp³-hybridized carbons (Fsp3) is 0.909. The number of hydrogen-bond donors (Lipinski definition) is 1. The molecule has 1 aliphatic rings. The lowest BCUT2D eigenvalue weighted by Crippen LogP contribution is -2.46. The summed E-state index contributed by atoms with van der Waals surface area (Å²) in [4.78, 5) is 13.7. The molecule has 1 saturated heterocycles. The van der Waals surface area contributed by atoms with Crippen molar-refractivity contribution in [1.82, 2.24) is 10.2 Å². The van der Waals surface area contributed by atoms with E-state index in [1.807, 2.05) is 0 Å². The van der Waals surface area contributed by atoms with Gasteiger partial charge in [-0.15, -0.1) is 0 Å². The number of rotatable bonds is 4. The van der Waals surface area contributed by atoms with Crippen LogP contribution in [-0.4, -0.2) is 57.4 Å². The van der Waals surface area contributed by atoms with Crippen LogP contribution < -0.4 is 5.32 Å². The Hall–Kier alpha value is -0.620. The summed E-state index contributed by atoms with van der Waals surface area (Å²) < 4.78 is 22.4. The molecule has 0 saturated carbocycles. The van der Waals surface area contributed by atoms with Crippen LogP contribution in [0.25, 0.3) is 0 Å². The van der Waals surface area contributed by atoms with Crippen molar-refractivity contribution in [2.45, 2.75) is 25.8 Å². The number of carbonyl (C=O) groups is 1. The zero-order valence-electron chi connectivity index (χ0n) is 10.8. The second-order valence-electron chi connectivity index (χ2n) is 4.93. The van der Waals surface area contributed by atoms with E-state index in [2.05, 4.69) is 5.32 Å². The highest BCUT2D eigenvalue weighted by molar-refractivity contribution is 7.90. The van der Waals surface area contributed by atoms with Gasteiger partial charge in [-0.1, -0.05) is 0 Å². The Morgan fingerprint density at radius 1 is 1.53 bits per heavy atom. The fourth-order valence-corrected chi connectivity index (χ4v) is 3.22. The predicted octanol–water partition coefficient (Wildman–Crippen LogP) is -0.122. The third-order valence-electron chi connectivity index (χ3n) is 3.20. The van der Waals surface area contributed by atoms with Gasteiger partial charge in [0.1, 0.15) is 9.84 Å². The van der Waals surface area contributed by atoms with Gasteiger partial charge < -0.3 is 10.2 Å². The minimum absolute atomic E-state index is 0.00393. The number of carbonyl (C=O) groups excluding carboxylic acids is 1. The van der Waals surface area contributed by atoms with Crippen molar-refractivity contribution in [3.05, 3.63) is 0 Å². The van der Waals surface area contributed by atoms with E-state index in [9.17, 15) is 13.2 Å². The van der Waals surface area contributed by atoms with Crippen LogP contribution in [0.2, 0.25) is 0 Å². The van der Waals surface area contributed by atoms with E-state index in [4.69, 9.17) is 0 Å². The van der Waals surface area contributed by atoms with Crippen molar-refractivity contribution in [2.75, 3.05) is 32.1 Å². The van der Waals surface area contributed by atoms with Crippen LogP contribution in [0, 0.1) is 5.92 Å². The topological polar surface area (TPSA) is 66.5 Å². The van der Waals surface area contributed by atoms with Crippen LogP contribution in [0.3, 0.4) is 0 Å². The lowest BCUT2D eigenvalue weighted by Gasteiger charge is -2.30. The van der Waals surface area contributed by atoms with E-state index in [1.54, 1.807) is 18.9 Å². The second-order valence-corrected chi connectivity index (χ2v) is 7.12. The molecule has 1 aliphatic heterocycles. The van der Waals surface area contributed by atoms with Crippen LogP contribution in [0.15, 0.2) is 0 Å². The van der Waals surface area contributed by atoms with Gasteiger partial charge in [-0.3, -0.25) is 4.79 Å². The molecule has 0 aliphatic carbocycles. The largest absolute Gasteiger partial charge is 0.342 e. The summed E-state index contributed by atoms with van der Waals surface area (Å²) in [5.74, 6) is 0.0687. The van der Waals surface area contributed by atoms with E-state index in [1.165, 1.54) is 6.26 Å². The molecular weight excluding hydrogens is 240 g/mol. The van der Waals surface area contributed by atoms with Gasteiger partial charge in [-0.25, -0.2) is 8.42 Å². The van der Waals surface area contributed by atoms with Gasteiger partial charge in [-0.05, 0) is 26.3 Å². The number of nitrogens with one attached hydrogen (secondary N) is 1. The third kappa shape index (κ3) is 4.63. The first-order valence-electron chi connectivity index (χ1n) is 5.96. The molecule has 0 spiro atoms. The van der Waals surface area contributed by atoms with Crippen LogP contribution in [0.1, 0.15) is 19.8 Å². The van der Waals surface area contributed by atoms with E-state index < -0.39 is 9.84 Å². The van der Waals surface area contributed by atoms with Crippen LogP contribution >= 0.6 is 0 Å². The van der Waals surface area contributed by atoms with Crippen molar-refractivity contribution in [2.24, 2.45) is 5.92 Å². The number of sulfone groups is 1. The summed E-state index contributed by atoms with van der Waals surface area (Å²) in [5, 5.41) is 3.19. The monoisotopic (exact) mass is 262 g/mol. The number of piperidine rings is 1. The molecular formula is C11H22N2O3S. The Morgan fingerprint density at radius 2 is 2.18 bits per heavy atom. The fourth-order valence-electron chi connectivity index (χ4n) is 2.12. The molecule has 17 heavy (non-hydrogen) atoms. The summed E-state index contributed by atoms with van der Waals surface area (Å²) in [6.07, 6.45) is 3.09. The molecule has 0 unspecified atom stereocenters. The molecule has 0 aromatic carbocycles. The van der Waals surface area contributed by atoms with E-state index >= 15 is 0 Å². The Morgan fingerprint density at radius 3 is 2.65 bits per heavy atom. The van der Waals surface area contributed by atoms with Crippen molar-refractivity contribution in [3.8, 4) is 0 Å². The molecule has 1 heterocycles. The molecule has 2 atom stereocenters. The van der Waals surface area contributed by atoms with Gasteiger partial charge >= 0.3 is 0 Å². The number of amides is 1. The molecule has 0 bridgehead atoms. The highest BCUT2D eigenvalue weighted by Gasteiger charge is 2.27. The lowest BCUT2D eigenvalue weighted by atomic mass is 9.98. The van der Waals surface area contributed by atoms with Gasteiger partial charge in [0.05, 0.1) is 11.7 Å². The minimum atomic E-state index is -3.04. The van der Waals surface area contributed by atoms with Crippen molar-refractivity contribution in [3.63, 3.8) is 0 Å². The Bertz CT molecular complexity index is 361. The summed E-state index contributed by atoms with van der Waals surface area (Å²) in [7, 11) is -1.35. The zero-order valence-corrected chi connectivity index (χ0v) is 11.6. The molecule has 0 aromatic heterocycles. The van der Waals surface area contributed by atoms with E-state index in [0.717, 1.165) is 19.4 Å². The van der Waals surface area contributed by atoms with E-state index in [0.29, 0.717) is 6.54 Å². The lowest BCUT2D eigenvalue weighted by molar-refractivity contribution is -0.136. The van der Waals surface area contributed by atoms with Gasteiger partial charge in [0.15, 0.2) is 0 Å². The number of hydrogen-bond acceptors (Lipinski definition) is 4. The molecule has 0 aromatic rings. The molecule has 100 valence electrons. The van der Waals surface area contributed by atoms with Gasteiger partial charge in [0.2, 0.25) is 5.91 Å². The van der Waals surface area contributed by atoms with Gasteiger partial charge in [-0.2, -0.15) is 0 Å². The van der Waals surface area contributed by atoms with Crippen molar-refractivity contribution < 1.29 is 13.2 Å². The first kappa shape index (κ1) is 14.4. The average Bonchev–Trinajstić information content (AvgIpc) is 2.26. The summed E-state index contributed by atoms with van der Waals surface area (Å²) in [6.45, 7) is 3.44. The van der Waals surface area contributed by atoms with E-state index in [-0.39, 0.29) is 23.6 Å². The summed E-state index contributed by atoms with van der Waals surface area (Å²) in [5.41, 5.74) is 0. The standard InChI is InChI=1S/C11H22N2O3S/c1-9(8-17(3,15)16)13(2)11(14)10-5-4-6-12-7-10/h9-10,12H,4-8H2,1-3H3/t9-,10+/m0/s1. The molecule has 1 N–H and O–H groups in total. The Balaban J connectivity index is 2.55. The first-order valence-corrected chi connectivity index (χ1v) is 8.02. The Labute approximate surface area is 103 Å². The third-order valence-corrected chi connectivity index (χ3v) is 4.29. The Kier molecular flexibility index (Phi) is 4.94. The first-order chi connectivity index (χ1) is 7.81. The average molecular weight is 262 g/mol. The van der Waals surface area contributed by atoms with Gasteiger partial charge in [0, 0.05) is 25.9 Å². The van der Waals surface area contributed by atoms with Crippen LogP contribution in [0.4, 0.5) is 0 Å².